The number of rotatable bonds is 3. The van der Waals surface area contributed by atoms with Crippen molar-refractivity contribution in [1.82, 2.24) is 0 Å². The second-order valence-electron chi connectivity index (χ2n) is 5.88. The first-order valence-electron chi connectivity index (χ1n) is 6.93. The summed E-state index contributed by atoms with van der Waals surface area (Å²) in [7, 11) is 0. The zero-order valence-electron chi connectivity index (χ0n) is 11.6. The van der Waals surface area contributed by atoms with Crippen molar-refractivity contribution in [2.75, 3.05) is 13.2 Å². The highest BCUT2D eigenvalue weighted by molar-refractivity contribution is 5.65. The average Bonchev–Trinajstić information content (AvgIpc) is 2.67. The van der Waals surface area contributed by atoms with E-state index in [1.807, 2.05) is 13.8 Å². The molecule has 4 heteroatoms. The summed E-state index contributed by atoms with van der Waals surface area (Å²) in [6.45, 7) is 6.57. The van der Waals surface area contributed by atoms with Crippen LogP contribution < -0.4 is 0 Å². The molecule has 0 N–H and O–H groups in total. The Morgan fingerprint density at radius 1 is 1.33 bits per heavy atom. The molecule has 0 amide bonds. The van der Waals surface area contributed by atoms with Crippen LogP contribution in [0.2, 0.25) is 0 Å². The van der Waals surface area contributed by atoms with Crippen molar-refractivity contribution in [2.45, 2.75) is 58.3 Å². The first-order chi connectivity index (χ1) is 8.48. The Balaban J connectivity index is 1.93. The lowest BCUT2D eigenvalue weighted by Crippen LogP contribution is -2.36. The number of hydrogen-bond donors (Lipinski definition) is 0. The molecule has 1 aliphatic heterocycles. The quantitative estimate of drug-likeness (QED) is 0.728. The molecule has 4 nitrogen and oxygen atoms in total. The maximum atomic E-state index is 10.9. The van der Waals surface area contributed by atoms with E-state index in [-0.39, 0.29) is 12.1 Å². The van der Waals surface area contributed by atoms with Gasteiger partial charge in [0, 0.05) is 6.92 Å². The van der Waals surface area contributed by atoms with E-state index < -0.39 is 5.79 Å². The van der Waals surface area contributed by atoms with Crippen molar-refractivity contribution >= 4 is 5.97 Å². The minimum Gasteiger partial charge on any atom is -0.466 e. The second-order valence-corrected chi connectivity index (χ2v) is 5.88. The molecular formula is C14H24O4. The monoisotopic (exact) mass is 256 g/mol. The van der Waals surface area contributed by atoms with Gasteiger partial charge in [0.2, 0.25) is 0 Å². The lowest BCUT2D eigenvalue weighted by Gasteiger charge is -2.34. The van der Waals surface area contributed by atoms with Crippen LogP contribution in [0.25, 0.3) is 0 Å². The van der Waals surface area contributed by atoms with Gasteiger partial charge in [0.1, 0.15) is 0 Å². The summed E-state index contributed by atoms with van der Waals surface area (Å²) in [6, 6.07) is 0. The third-order valence-corrected chi connectivity index (χ3v) is 3.98. The van der Waals surface area contributed by atoms with Gasteiger partial charge in [-0.3, -0.25) is 4.79 Å². The van der Waals surface area contributed by atoms with Crippen molar-refractivity contribution < 1.29 is 19.0 Å². The van der Waals surface area contributed by atoms with Crippen LogP contribution in [0.4, 0.5) is 0 Å². The zero-order valence-corrected chi connectivity index (χ0v) is 11.6. The fourth-order valence-corrected chi connectivity index (χ4v) is 3.08. The summed E-state index contributed by atoms with van der Waals surface area (Å²) >= 11 is 0. The molecule has 18 heavy (non-hydrogen) atoms. The molecule has 1 saturated heterocycles. The number of ether oxygens (including phenoxy) is 3. The summed E-state index contributed by atoms with van der Waals surface area (Å²) in [6.07, 6.45) is 4.88. The molecule has 104 valence electrons. The lowest BCUT2D eigenvalue weighted by atomic mass is 9.76. The molecule has 2 fully saturated rings. The number of esters is 1. The Hall–Kier alpha value is -0.610. The largest absolute Gasteiger partial charge is 0.466 e. The average molecular weight is 256 g/mol. The fraction of sp³-hybridized carbons (Fsp3) is 0.929. The fourth-order valence-electron chi connectivity index (χ4n) is 3.08. The summed E-state index contributed by atoms with van der Waals surface area (Å²) in [5.74, 6) is 0.224. The highest BCUT2D eigenvalue weighted by Crippen LogP contribution is 2.38. The molecule has 1 aliphatic carbocycles. The highest BCUT2D eigenvalue weighted by atomic mass is 16.7. The van der Waals surface area contributed by atoms with E-state index in [9.17, 15) is 4.79 Å². The minimum atomic E-state index is -0.464. The zero-order chi connectivity index (χ0) is 13.2. The molecule has 0 aromatic carbocycles. The number of carbonyl (C=O) groups is 1. The maximum absolute atomic E-state index is 10.9. The van der Waals surface area contributed by atoms with E-state index in [1.165, 1.54) is 19.8 Å². The van der Waals surface area contributed by atoms with Gasteiger partial charge in [0.05, 0.1) is 19.3 Å². The Morgan fingerprint density at radius 2 is 2.06 bits per heavy atom. The lowest BCUT2D eigenvalue weighted by molar-refractivity contribution is -0.154. The molecule has 0 aromatic rings. The predicted molar refractivity (Wildman–Crippen MR) is 67.0 cm³/mol. The third-order valence-electron chi connectivity index (χ3n) is 3.98. The van der Waals surface area contributed by atoms with Gasteiger partial charge < -0.3 is 14.2 Å². The Bertz CT molecular complexity index is 300. The van der Waals surface area contributed by atoms with Crippen LogP contribution in [0, 0.1) is 11.8 Å². The first-order valence-corrected chi connectivity index (χ1v) is 6.93. The van der Waals surface area contributed by atoms with Crippen LogP contribution in [-0.2, 0) is 19.0 Å². The van der Waals surface area contributed by atoms with Gasteiger partial charge in [0.15, 0.2) is 5.79 Å². The molecule has 1 saturated carbocycles. The van der Waals surface area contributed by atoms with E-state index >= 15 is 0 Å². The van der Waals surface area contributed by atoms with Gasteiger partial charge in [-0.1, -0.05) is 12.8 Å². The van der Waals surface area contributed by atoms with E-state index in [0.717, 1.165) is 12.8 Å². The van der Waals surface area contributed by atoms with Gasteiger partial charge >= 0.3 is 5.97 Å². The van der Waals surface area contributed by atoms with Crippen LogP contribution in [0.1, 0.15) is 46.5 Å². The first kappa shape index (κ1) is 13.8. The SMILES string of the molecule is CC(=O)OC[C@H]1CCCC[C@H]1[C@H]1COC(C)(C)O1. The van der Waals surface area contributed by atoms with Gasteiger partial charge in [-0.2, -0.15) is 0 Å². The molecule has 2 aliphatic rings. The van der Waals surface area contributed by atoms with Crippen molar-refractivity contribution in [3.63, 3.8) is 0 Å². The Kier molecular flexibility index (Phi) is 4.28. The van der Waals surface area contributed by atoms with Crippen molar-refractivity contribution in [3.05, 3.63) is 0 Å². The normalized spacial score (nSPS) is 35.4. The molecular weight excluding hydrogens is 232 g/mol. The summed E-state index contributed by atoms with van der Waals surface area (Å²) in [5.41, 5.74) is 0. The van der Waals surface area contributed by atoms with Crippen LogP contribution in [0.15, 0.2) is 0 Å². The van der Waals surface area contributed by atoms with Gasteiger partial charge in [0.25, 0.3) is 0 Å². The van der Waals surface area contributed by atoms with Crippen molar-refractivity contribution in [2.24, 2.45) is 11.8 Å². The van der Waals surface area contributed by atoms with Crippen LogP contribution >= 0.6 is 0 Å². The van der Waals surface area contributed by atoms with E-state index in [2.05, 4.69) is 0 Å². The van der Waals surface area contributed by atoms with Crippen molar-refractivity contribution in [3.8, 4) is 0 Å². The molecule has 0 spiro atoms. The third kappa shape index (κ3) is 3.45. The molecule has 2 rings (SSSR count). The minimum absolute atomic E-state index is 0.154. The van der Waals surface area contributed by atoms with E-state index in [1.54, 1.807) is 0 Å². The molecule has 0 unspecified atom stereocenters. The second kappa shape index (κ2) is 5.57. The van der Waals surface area contributed by atoms with E-state index in [0.29, 0.717) is 25.0 Å². The Morgan fingerprint density at radius 3 is 2.67 bits per heavy atom. The Labute approximate surface area is 109 Å². The standard InChI is InChI=1S/C14H24O4/c1-10(15)16-8-11-6-4-5-7-12(11)13-9-17-14(2,3)18-13/h11-13H,4-9H2,1-3H3/t11-,12-,13-/m1/s1. The number of hydrogen-bond acceptors (Lipinski definition) is 4. The van der Waals surface area contributed by atoms with Gasteiger partial charge in [-0.25, -0.2) is 0 Å². The molecule has 3 atom stereocenters. The van der Waals surface area contributed by atoms with Crippen molar-refractivity contribution in [1.29, 1.82) is 0 Å². The van der Waals surface area contributed by atoms with Gasteiger partial charge in [-0.05, 0) is 38.5 Å². The van der Waals surface area contributed by atoms with E-state index in [4.69, 9.17) is 14.2 Å². The molecule has 0 radical (unpaired) electrons. The predicted octanol–water partition coefficient (Wildman–Crippen LogP) is 2.51. The molecule has 0 bridgehead atoms. The smallest absolute Gasteiger partial charge is 0.302 e. The van der Waals surface area contributed by atoms with Crippen LogP contribution in [0.3, 0.4) is 0 Å². The number of carbonyl (C=O) groups excluding carboxylic acids is 1. The summed E-state index contributed by atoms with van der Waals surface area (Å²) < 4.78 is 16.8. The maximum Gasteiger partial charge on any atom is 0.302 e. The highest BCUT2D eigenvalue weighted by Gasteiger charge is 2.41. The van der Waals surface area contributed by atoms with Crippen LogP contribution in [0.5, 0.6) is 0 Å². The summed E-state index contributed by atoms with van der Waals surface area (Å²) in [4.78, 5) is 10.9. The summed E-state index contributed by atoms with van der Waals surface area (Å²) in [5, 5.41) is 0. The molecule has 1 heterocycles. The van der Waals surface area contributed by atoms with Gasteiger partial charge in [-0.15, -0.1) is 0 Å². The topological polar surface area (TPSA) is 44.8 Å². The molecule has 0 aromatic heterocycles. The van der Waals surface area contributed by atoms with Crippen LogP contribution in [-0.4, -0.2) is 31.1 Å².